The first-order chi connectivity index (χ1) is 23.2. The van der Waals surface area contributed by atoms with Crippen LogP contribution in [-0.2, 0) is 10.2 Å². The molecular formula is C36H41ClF2N8O2. The number of carbonyl (C=O) groups excluding carboxylic acids is 2. The fourth-order valence-electron chi connectivity index (χ4n) is 7.77. The zero-order chi connectivity index (χ0) is 35.0. The molecule has 5 heterocycles. The Bertz CT molecular complexity index is 2000. The fraction of sp³-hybridized carbons (Fsp3) is 0.472. The summed E-state index contributed by atoms with van der Waals surface area (Å²) in [6.07, 6.45) is 8.85. The van der Waals surface area contributed by atoms with Gasteiger partial charge in [-0.1, -0.05) is 18.0 Å². The molecule has 2 fully saturated rings. The highest BCUT2D eigenvalue weighted by Gasteiger charge is 2.54. The number of piperidine rings is 1. The van der Waals surface area contributed by atoms with E-state index in [4.69, 9.17) is 21.6 Å². The van der Waals surface area contributed by atoms with E-state index in [0.29, 0.717) is 22.3 Å². The number of hydrogen-bond donors (Lipinski definition) is 2. The van der Waals surface area contributed by atoms with Crippen molar-refractivity contribution in [1.29, 1.82) is 0 Å². The van der Waals surface area contributed by atoms with Gasteiger partial charge >= 0.3 is 0 Å². The molecule has 2 amide bonds. The molecule has 1 aliphatic carbocycles. The highest BCUT2D eigenvalue weighted by atomic mass is 35.5. The zero-order valence-electron chi connectivity index (χ0n) is 28.6. The van der Waals surface area contributed by atoms with Crippen LogP contribution in [-0.4, -0.2) is 68.0 Å². The van der Waals surface area contributed by atoms with E-state index in [1.807, 2.05) is 49.3 Å². The number of amides is 2. The third-order valence-electron chi connectivity index (χ3n) is 10.6. The molecule has 3 aliphatic rings. The van der Waals surface area contributed by atoms with Crippen molar-refractivity contribution in [3.05, 3.63) is 58.6 Å². The van der Waals surface area contributed by atoms with E-state index in [9.17, 15) is 14.0 Å². The van der Waals surface area contributed by atoms with E-state index in [0.717, 1.165) is 43.4 Å². The molecule has 1 saturated carbocycles. The first-order valence-corrected chi connectivity index (χ1v) is 17.3. The molecule has 258 valence electrons. The molecule has 1 aromatic carbocycles. The van der Waals surface area contributed by atoms with Crippen LogP contribution in [0.5, 0.6) is 0 Å². The summed E-state index contributed by atoms with van der Waals surface area (Å²) in [5.74, 6) is -3.03. The second kappa shape index (κ2) is 12.0. The van der Waals surface area contributed by atoms with Gasteiger partial charge in [0.1, 0.15) is 5.52 Å². The number of hydrogen-bond acceptors (Lipinski definition) is 7. The number of benzene rings is 1. The third kappa shape index (κ3) is 5.34. The number of rotatable bonds is 7. The van der Waals surface area contributed by atoms with Crippen LogP contribution in [0, 0.1) is 11.6 Å². The lowest BCUT2D eigenvalue weighted by atomic mass is 9.71. The summed E-state index contributed by atoms with van der Waals surface area (Å²) in [7, 11) is 1.38. The van der Waals surface area contributed by atoms with Crippen molar-refractivity contribution in [2.24, 2.45) is 0 Å². The number of aromatic nitrogens is 4. The molecule has 0 radical (unpaired) electrons. The minimum atomic E-state index is -1.35. The van der Waals surface area contributed by atoms with Gasteiger partial charge in [0.15, 0.2) is 17.5 Å². The Morgan fingerprint density at radius 2 is 1.76 bits per heavy atom. The van der Waals surface area contributed by atoms with Crippen LogP contribution < -0.4 is 15.5 Å². The summed E-state index contributed by atoms with van der Waals surface area (Å²) in [6, 6.07) is 4.96. The Labute approximate surface area is 289 Å². The van der Waals surface area contributed by atoms with E-state index in [1.54, 1.807) is 12.5 Å². The maximum absolute atomic E-state index is 15.3. The van der Waals surface area contributed by atoms with Gasteiger partial charge in [0, 0.05) is 36.4 Å². The van der Waals surface area contributed by atoms with Gasteiger partial charge in [0.25, 0.3) is 5.91 Å². The number of fused-ring (bicyclic) bond motifs is 2. The van der Waals surface area contributed by atoms with Gasteiger partial charge in [0.05, 0.1) is 50.6 Å². The van der Waals surface area contributed by atoms with Crippen LogP contribution in [0.15, 0.2) is 30.7 Å². The molecule has 4 aromatic rings. The summed E-state index contributed by atoms with van der Waals surface area (Å²) in [5.41, 5.74) is 2.48. The quantitative estimate of drug-likeness (QED) is 0.199. The number of anilines is 3. The lowest BCUT2D eigenvalue weighted by molar-refractivity contribution is -0.123. The minimum Gasteiger partial charge on any atom is -0.355 e. The SMILES string of the molecule is CNC(=O)c1cc(Nc2nc(-c3cnc4c(c3)N(C3CC(C)(N5CCCCC5)C3)C(=O)C4(C)C)cc3ncn(C(C)C)c23)c(F)c(F)c1Cl. The minimum absolute atomic E-state index is 0.0337. The molecule has 1 saturated heterocycles. The van der Waals surface area contributed by atoms with E-state index >= 15 is 4.39 Å². The van der Waals surface area contributed by atoms with E-state index in [-0.39, 0.29) is 40.6 Å². The van der Waals surface area contributed by atoms with E-state index < -0.39 is 28.0 Å². The number of nitrogens with one attached hydrogen (secondary N) is 2. The lowest BCUT2D eigenvalue weighted by Gasteiger charge is -2.55. The van der Waals surface area contributed by atoms with Crippen molar-refractivity contribution in [2.75, 3.05) is 30.4 Å². The maximum Gasteiger partial charge on any atom is 0.252 e. The van der Waals surface area contributed by atoms with Crippen LogP contribution in [0.25, 0.3) is 22.3 Å². The molecule has 2 aliphatic heterocycles. The number of likely N-dealkylation sites (tertiary alicyclic amines) is 1. The van der Waals surface area contributed by atoms with Gasteiger partial charge in [-0.25, -0.2) is 18.7 Å². The molecule has 7 rings (SSSR count). The van der Waals surface area contributed by atoms with E-state index in [1.165, 1.54) is 26.3 Å². The smallest absolute Gasteiger partial charge is 0.252 e. The van der Waals surface area contributed by atoms with Crippen LogP contribution >= 0.6 is 11.6 Å². The number of nitrogens with zero attached hydrogens (tertiary/aromatic N) is 6. The van der Waals surface area contributed by atoms with Crippen molar-refractivity contribution in [3.8, 4) is 11.3 Å². The predicted molar refractivity (Wildman–Crippen MR) is 187 cm³/mol. The van der Waals surface area contributed by atoms with Gasteiger partial charge in [-0.15, -0.1) is 0 Å². The number of halogens is 3. The largest absolute Gasteiger partial charge is 0.355 e. The molecule has 0 unspecified atom stereocenters. The zero-order valence-corrected chi connectivity index (χ0v) is 29.4. The molecule has 49 heavy (non-hydrogen) atoms. The summed E-state index contributed by atoms with van der Waals surface area (Å²) in [5, 5.41) is 4.72. The molecule has 10 nitrogen and oxygen atoms in total. The van der Waals surface area contributed by atoms with Crippen LogP contribution in [0.2, 0.25) is 5.02 Å². The van der Waals surface area contributed by atoms with Gasteiger partial charge in [-0.2, -0.15) is 0 Å². The first-order valence-electron chi connectivity index (χ1n) is 16.9. The Morgan fingerprint density at radius 3 is 2.43 bits per heavy atom. The topological polar surface area (TPSA) is 108 Å². The van der Waals surface area contributed by atoms with Crippen LogP contribution in [0.1, 0.15) is 88.8 Å². The number of carbonyl (C=O) groups is 2. The molecule has 0 atom stereocenters. The van der Waals surface area contributed by atoms with Crippen molar-refractivity contribution < 1.29 is 18.4 Å². The molecule has 0 bridgehead atoms. The van der Waals surface area contributed by atoms with Crippen molar-refractivity contribution in [3.63, 3.8) is 0 Å². The first kappa shape index (κ1) is 33.3. The third-order valence-corrected chi connectivity index (χ3v) is 11.0. The average molecular weight is 691 g/mol. The van der Waals surface area contributed by atoms with Crippen molar-refractivity contribution in [2.45, 2.75) is 89.8 Å². The Morgan fingerprint density at radius 1 is 1.04 bits per heavy atom. The number of pyridine rings is 2. The lowest BCUT2D eigenvalue weighted by Crippen LogP contribution is -2.64. The normalized spacial score (nSPS) is 22.0. The van der Waals surface area contributed by atoms with Crippen LogP contribution in [0.3, 0.4) is 0 Å². The Kier molecular flexibility index (Phi) is 8.17. The summed E-state index contributed by atoms with van der Waals surface area (Å²) in [4.78, 5) is 45.3. The summed E-state index contributed by atoms with van der Waals surface area (Å²) >= 11 is 6.01. The Balaban J connectivity index is 1.30. The van der Waals surface area contributed by atoms with Gasteiger partial charge in [0.2, 0.25) is 5.91 Å². The molecule has 2 N–H and O–H groups in total. The average Bonchev–Trinajstić information content (AvgIpc) is 3.60. The second-order valence-corrected chi connectivity index (χ2v) is 15.0. The fourth-order valence-corrected chi connectivity index (χ4v) is 7.99. The predicted octanol–water partition coefficient (Wildman–Crippen LogP) is 7.14. The monoisotopic (exact) mass is 690 g/mol. The van der Waals surface area contributed by atoms with Crippen molar-refractivity contribution in [1.82, 2.24) is 29.7 Å². The standard InChI is InChI=1S/C36H41ClF2N8O2/c1-19(2)46-18-42-25-14-23(43-32(30(25)46)44-24-13-22(33(48)40-6)27(37)29(39)28(24)38)20-12-26-31(41-17-20)35(3,4)34(49)47(26)21-15-36(5,16-21)45-10-8-7-9-11-45/h12-14,17-19,21H,7-11,15-16H2,1-6H3,(H,40,48)(H,43,44). The highest BCUT2D eigenvalue weighted by molar-refractivity contribution is 6.34. The van der Waals surface area contributed by atoms with Crippen LogP contribution in [0.4, 0.5) is 26.0 Å². The maximum atomic E-state index is 15.3. The Hall–Kier alpha value is -4.16. The number of imidazole rings is 1. The summed E-state index contributed by atoms with van der Waals surface area (Å²) < 4.78 is 32.2. The van der Waals surface area contributed by atoms with Crippen molar-refractivity contribution >= 4 is 51.6 Å². The highest BCUT2D eigenvalue weighted by Crippen LogP contribution is 2.50. The van der Waals surface area contributed by atoms with Gasteiger partial charge in [-0.05, 0) is 91.6 Å². The molecule has 0 spiro atoms. The summed E-state index contributed by atoms with van der Waals surface area (Å²) in [6.45, 7) is 12.3. The molecular weight excluding hydrogens is 650 g/mol. The molecule has 13 heteroatoms. The van der Waals surface area contributed by atoms with E-state index in [2.05, 4.69) is 27.4 Å². The van der Waals surface area contributed by atoms with Gasteiger partial charge < -0.3 is 20.1 Å². The second-order valence-electron chi connectivity index (χ2n) is 14.6. The molecule has 3 aromatic heterocycles. The van der Waals surface area contributed by atoms with Gasteiger partial charge in [-0.3, -0.25) is 19.5 Å².